The topological polar surface area (TPSA) is 49.7 Å². The lowest BCUT2D eigenvalue weighted by molar-refractivity contribution is -0.116. The van der Waals surface area contributed by atoms with Crippen LogP contribution in [0.4, 0.5) is 0 Å². The van der Waals surface area contributed by atoms with Gasteiger partial charge in [-0.1, -0.05) is 6.92 Å². The Morgan fingerprint density at radius 2 is 1.71 bits per heavy atom. The van der Waals surface area contributed by atoms with Crippen LogP contribution >= 0.6 is 0 Å². The fourth-order valence-corrected chi connectivity index (χ4v) is 1.24. The molecule has 0 radical (unpaired) electrons. The first-order valence-electron chi connectivity index (χ1n) is 5.21. The van der Waals surface area contributed by atoms with Crippen molar-refractivity contribution in [3.63, 3.8) is 0 Å². The number of ether oxygens (including phenoxy) is 1. The maximum absolute atomic E-state index is 9.60. The number of rotatable bonds is 6. The molecule has 2 N–H and O–H groups in total. The Hall–Kier alpha value is -0.120. The Balaban J connectivity index is 4.17. The molecule has 0 amide bonds. The molecule has 0 heterocycles. The smallest absolute Gasteiger partial charge is 0.0840 e. The van der Waals surface area contributed by atoms with E-state index in [0.717, 1.165) is 6.42 Å². The zero-order chi connectivity index (χ0) is 11.4. The van der Waals surface area contributed by atoms with E-state index in [2.05, 4.69) is 0 Å². The Bertz CT molecular complexity index is 158. The van der Waals surface area contributed by atoms with Crippen LogP contribution in [0.2, 0.25) is 0 Å². The molecule has 0 fully saturated rings. The first-order valence-corrected chi connectivity index (χ1v) is 5.21. The third kappa shape index (κ3) is 6.35. The SMILES string of the molecule is CCC(C)(C)OC(CO)CC(C)(C)O. The number of aliphatic hydroxyl groups excluding tert-OH is 1. The van der Waals surface area contributed by atoms with Gasteiger partial charge in [-0.25, -0.2) is 0 Å². The lowest BCUT2D eigenvalue weighted by Crippen LogP contribution is -2.37. The van der Waals surface area contributed by atoms with Gasteiger partial charge in [0.25, 0.3) is 0 Å². The van der Waals surface area contributed by atoms with Crippen molar-refractivity contribution >= 4 is 0 Å². The van der Waals surface area contributed by atoms with Crippen molar-refractivity contribution in [2.75, 3.05) is 6.61 Å². The van der Waals surface area contributed by atoms with Crippen molar-refractivity contribution in [1.29, 1.82) is 0 Å². The summed E-state index contributed by atoms with van der Waals surface area (Å²) in [5.41, 5.74) is -1.03. The van der Waals surface area contributed by atoms with E-state index in [9.17, 15) is 5.11 Å². The third-order valence-electron chi connectivity index (χ3n) is 2.27. The molecule has 0 aliphatic heterocycles. The summed E-state index contributed by atoms with van der Waals surface area (Å²) < 4.78 is 5.70. The highest BCUT2D eigenvalue weighted by Gasteiger charge is 2.26. The summed E-state index contributed by atoms with van der Waals surface area (Å²) in [5, 5.41) is 18.7. The monoisotopic (exact) mass is 204 g/mol. The van der Waals surface area contributed by atoms with E-state index in [0.29, 0.717) is 6.42 Å². The van der Waals surface area contributed by atoms with Crippen LogP contribution in [0, 0.1) is 0 Å². The number of hydrogen-bond donors (Lipinski definition) is 2. The zero-order valence-corrected chi connectivity index (χ0v) is 10.0. The average Bonchev–Trinajstić information content (AvgIpc) is 2.00. The van der Waals surface area contributed by atoms with Gasteiger partial charge in [0.1, 0.15) is 0 Å². The van der Waals surface area contributed by atoms with Gasteiger partial charge in [0.2, 0.25) is 0 Å². The quantitative estimate of drug-likeness (QED) is 0.692. The second kappa shape index (κ2) is 5.10. The van der Waals surface area contributed by atoms with Crippen LogP contribution in [0.25, 0.3) is 0 Å². The fraction of sp³-hybridized carbons (Fsp3) is 1.00. The van der Waals surface area contributed by atoms with Crippen molar-refractivity contribution in [2.45, 2.75) is 64.8 Å². The van der Waals surface area contributed by atoms with Crippen molar-refractivity contribution in [3.8, 4) is 0 Å². The molecule has 14 heavy (non-hydrogen) atoms. The molecule has 0 aromatic carbocycles. The maximum Gasteiger partial charge on any atom is 0.0840 e. The highest BCUT2D eigenvalue weighted by molar-refractivity contribution is 4.75. The number of aliphatic hydroxyl groups is 2. The van der Waals surface area contributed by atoms with Gasteiger partial charge in [-0.2, -0.15) is 0 Å². The van der Waals surface area contributed by atoms with Gasteiger partial charge in [-0.05, 0) is 34.1 Å². The van der Waals surface area contributed by atoms with Crippen LogP contribution in [-0.4, -0.2) is 34.1 Å². The third-order valence-corrected chi connectivity index (χ3v) is 2.27. The van der Waals surface area contributed by atoms with E-state index >= 15 is 0 Å². The van der Waals surface area contributed by atoms with Gasteiger partial charge in [-0.15, -0.1) is 0 Å². The summed E-state index contributed by atoms with van der Waals surface area (Å²) in [4.78, 5) is 0. The minimum Gasteiger partial charge on any atom is -0.394 e. The van der Waals surface area contributed by atoms with Crippen LogP contribution in [0.1, 0.15) is 47.5 Å². The van der Waals surface area contributed by atoms with Crippen LogP contribution in [0.3, 0.4) is 0 Å². The van der Waals surface area contributed by atoms with E-state index in [-0.39, 0.29) is 18.3 Å². The molecule has 1 unspecified atom stereocenters. The van der Waals surface area contributed by atoms with Gasteiger partial charge < -0.3 is 14.9 Å². The predicted octanol–water partition coefficient (Wildman–Crippen LogP) is 1.71. The van der Waals surface area contributed by atoms with Gasteiger partial charge >= 0.3 is 0 Å². The average molecular weight is 204 g/mol. The molecular weight excluding hydrogens is 180 g/mol. The molecule has 3 heteroatoms. The normalized spacial score (nSPS) is 15.6. The molecule has 0 rings (SSSR count). The molecule has 0 aliphatic carbocycles. The first-order chi connectivity index (χ1) is 6.20. The first kappa shape index (κ1) is 13.9. The highest BCUT2D eigenvalue weighted by atomic mass is 16.5. The summed E-state index contributed by atoms with van der Waals surface area (Å²) in [5.74, 6) is 0. The molecular formula is C11H24O3. The van der Waals surface area contributed by atoms with Gasteiger partial charge in [0, 0.05) is 6.42 Å². The summed E-state index contributed by atoms with van der Waals surface area (Å²) in [6.45, 7) is 9.40. The fourth-order valence-electron chi connectivity index (χ4n) is 1.24. The van der Waals surface area contributed by atoms with E-state index in [4.69, 9.17) is 9.84 Å². The molecule has 1 atom stereocenters. The van der Waals surface area contributed by atoms with Crippen molar-refractivity contribution in [1.82, 2.24) is 0 Å². The van der Waals surface area contributed by atoms with Crippen molar-refractivity contribution in [2.24, 2.45) is 0 Å². The lowest BCUT2D eigenvalue weighted by atomic mass is 10.00. The van der Waals surface area contributed by atoms with Crippen LogP contribution in [0.15, 0.2) is 0 Å². The summed E-state index contributed by atoms with van der Waals surface area (Å²) in [7, 11) is 0. The summed E-state index contributed by atoms with van der Waals surface area (Å²) in [6.07, 6.45) is 1.05. The van der Waals surface area contributed by atoms with Crippen molar-refractivity contribution < 1.29 is 14.9 Å². The minimum absolute atomic E-state index is 0.0482. The largest absolute Gasteiger partial charge is 0.394 e. The molecule has 0 saturated carbocycles. The van der Waals surface area contributed by atoms with E-state index < -0.39 is 5.60 Å². The molecule has 3 nitrogen and oxygen atoms in total. The van der Waals surface area contributed by atoms with E-state index in [1.54, 1.807) is 13.8 Å². The van der Waals surface area contributed by atoms with Crippen LogP contribution < -0.4 is 0 Å². The van der Waals surface area contributed by atoms with E-state index in [1.807, 2.05) is 20.8 Å². The molecule has 0 aromatic rings. The van der Waals surface area contributed by atoms with Crippen LogP contribution in [0.5, 0.6) is 0 Å². The van der Waals surface area contributed by atoms with Gasteiger partial charge in [0.15, 0.2) is 0 Å². The molecule has 0 saturated heterocycles. The summed E-state index contributed by atoms with van der Waals surface area (Å²) in [6, 6.07) is 0. The molecule has 0 bridgehead atoms. The molecule has 0 spiro atoms. The maximum atomic E-state index is 9.60. The molecule has 0 aromatic heterocycles. The zero-order valence-electron chi connectivity index (χ0n) is 10.0. The van der Waals surface area contributed by atoms with Gasteiger partial charge in [0.05, 0.1) is 23.9 Å². The summed E-state index contributed by atoms with van der Waals surface area (Å²) >= 11 is 0. The second-order valence-corrected chi connectivity index (χ2v) is 5.05. The van der Waals surface area contributed by atoms with Crippen LogP contribution in [-0.2, 0) is 4.74 Å². The Labute approximate surface area is 87.1 Å². The van der Waals surface area contributed by atoms with Crippen molar-refractivity contribution in [3.05, 3.63) is 0 Å². The Morgan fingerprint density at radius 1 is 1.21 bits per heavy atom. The predicted molar refractivity (Wildman–Crippen MR) is 57.2 cm³/mol. The molecule has 86 valence electrons. The minimum atomic E-state index is -0.794. The van der Waals surface area contributed by atoms with E-state index in [1.165, 1.54) is 0 Å². The lowest BCUT2D eigenvalue weighted by Gasteiger charge is -2.32. The Morgan fingerprint density at radius 3 is 2.00 bits per heavy atom. The van der Waals surface area contributed by atoms with Gasteiger partial charge in [-0.3, -0.25) is 0 Å². The highest BCUT2D eigenvalue weighted by Crippen LogP contribution is 2.21. The Kier molecular flexibility index (Phi) is 5.06. The second-order valence-electron chi connectivity index (χ2n) is 5.05. The number of hydrogen-bond acceptors (Lipinski definition) is 3. The standard InChI is InChI=1S/C11H24O3/c1-6-11(4,5)14-9(8-12)7-10(2,3)13/h9,12-13H,6-8H2,1-5H3. The molecule has 0 aliphatic rings.